The summed E-state index contributed by atoms with van der Waals surface area (Å²) in [7, 11) is -3.68. The predicted molar refractivity (Wildman–Crippen MR) is 82.7 cm³/mol. The third-order valence-corrected chi connectivity index (χ3v) is 5.63. The van der Waals surface area contributed by atoms with E-state index in [0.717, 1.165) is 0 Å². The highest BCUT2D eigenvalue weighted by atomic mass is 79.9. The molecule has 1 atom stereocenters. The topological polar surface area (TPSA) is 92.4 Å². The van der Waals surface area contributed by atoms with Gasteiger partial charge in [0.1, 0.15) is 0 Å². The van der Waals surface area contributed by atoms with Gasteiger partial charge in [0, 0.05) is 22.5 Å². The molecule has 0 spiro atoms. The number of hydrogen-bond acceptors (Lipinski definition) is 5. The Kier molecular flexibility index (Phi) is 5.69. The fraction of sp³-hybridized carbons (Fsp3) is 0.455. The van der Waals surface area contributed by atoms with Crippen molar-refractivity contribution >= 4 is 43.4 Å². The molecule has 1 rings (SSSR count). The van der Waals surface area contributed by atoms with Crippen LogP contribution in [0.15, 0.2) is 27.6 Å². The number of hydrogen-bond donors (Lipinski definition) is 3. The van der Waals surface area contributed by atoms with Crippen LogP contribution in [0.25, 0.3) is 0 Å². The van der Waals surface area contributed by atoms with E-state index < -0.39 is 15.6 Å². The van der Waals surface area contributed by atoms with E-state index in [1.165, 1.54) is 30.0 Å². The highest BCUT2D eigenvalue weighted by molar-refractivity contribution is 9.10. The molecular formula is C11H17BrN2O3S2. The fourth-order valence-electron chi connectivity index (χ4n) is 1.43. The normalized spacial score (nSPS) is 15.2. The van der Waals surface area contributed by atoms with Crippen molar-refractivity contribution in [2.75, 3.05) is 24.3 Å². The summed E-state index contributed by atoms with van der Waals surface area (Å²) >= 11 is 4.62. The van der Waals surface area contributed by atoms with E-state index in [1.807, 2.05) is 6.26 Å². The van der Waals surface area contributed by atoms with E-state index in [1.54, 1.807) is 6.92 Å². The Labute approximate surface area is 126 Å². The molecule has 1 aromatic carbocycles. The summed E-state index contributed by atoms with van der Waals surface area (Å²) in [6.07, 6.45) is 1.85. The standard InChI is InChI=1S/C11H17BrN2O3S2/c1-11(15,7-18-2)6-14-19(16,17)10-4-3-8(13)5-9(10)12/h3-5,14-15H,6-7,13H2,1-2H3. The number of aliphatic hydroxyl groups is 1. The van der Waals surface area contributed by atoms with Crippen LogP contribution >= 0.6 is 27.7 Å². The molecule has 5 nitrogen and oxygen atoms in total. The van der Waals surface area contributed by atoms with Crippen molar-refractivity contribution in [3.8, 4) is 0 Å². The van der Waals surface area contributed by atoms with Crippen molar-refractivity contribution in [3.63, 3.8) is 0 Å². The number of sulfonamides is 1. The van der Waals surface area contributed by atoms with Crippen molar-refractivity contribution in [2.45, 2.75) is 17.4 Å². The molecule has 8 heteroatoms. The van der Waals surface area contributed by atoms with E-state index in [9.17, 15) is 13.5 Å². The molecule has 0 aliphatic rings. The molecule has 108 valence electrons. The number of nitrogens with one attached hydrogen (secondary N) is 1. The highest BCUT2D eigenvalue weighted by Gasteiger charge is 2.24. The van der Waals surface area contributed by atoms with Gasteiger partial charge >= 0.3 is 0 Å². The van der Waals surface area contributed by atoms with Gasteiger partial charge in [0.15, 0.2) is 0 Å². The van der Waals surface area contributed by atoms with Crippen molar-refractivity contribution in [3.05, 3.63) is 22.7 Å². The molecule has 0 aliphatic carbocycles. The van der Waals surface area contributed by atoms with Crippen LogP contribution in [-0.2, 0) is 10.0 Å². The number of benzene rings is 1. The van der Waals surface area contributed by atoms with Crippen LogP contribution in [-0.4, -0.2) is 37.7 Å². The quantitative estimate of drug-likeness (QED) is 0.660. The number of anilines is 1. The van der Waals surface area contributed by atoms with Crippen molar-refractivity contribution in [2.24, 2.45) is 0 Å². The van der Waals surface area contributed by atoms with Crippen LogP contribution in [0.3, 0.4) is 0 Å². The van der Waals surface area contributed by atoms with Crippen LogP contribution < -0.4 is 10.5 Å². The second-order valence-electron chi connectivity index (χ2n) is 4.44. The zero-order valence-corrected chi connectivity index (χ0v) is 13.9. The maximum Gasteiger partial charge on any atom is 0.241 e. The van der Waals surface area contributed by atoms with Crippen LogP contribution in [0.1, 0.15) is 6.92 Å². The van der Waals surface area contributed by atoms with Crippen molar-refractivity contribution in [1.29, 1.82) is 0 Å². The first-order chi connectivity index (χ1) is 8.68. The molecule has 0 fully saturated rings. The summed E-state index contributed by atoms with van der Waals surface area (Å²) in [5, 5.41) is 9.96. The third kappa shape index (κ3) is 4.96. The Hall–Kier alpha value is -0.280. The average molecular weight is 369 g/mol. The van der Waals surface area contributed by atoms with E-state index in [0.29, 0.717) is 15.9 Å². The Morgan fingerprint density at radius 2 is 2.16 bits per heavy atom. The number of halogens is 1. The molecule has 0 bridgehead atoms. The lowest BCUT2D eigenvalue weighted by Crippen LogP contribution is -2.42. The van der Waals surface area contributed by atoms with E-state index in [4.69, 9.17) is 5.73 Å². The Balaban J connectivity index is 2.87. The molecule has 0 aromatic heterocycles. The van der Waals surface area contributed by atoms with Gasteiger partial charge in [0.25, 0.3) is 0 Å². The van der Waals surface area contributed by atoms with E-state index >= 15 is 0 Å². The molecule has 1 aromatic rings. The van der Waals surface area contributed by atoms with Crippen LogP contribution in [0, 0.1) is 0 Å². The van der Waals surface area contributed by atoms with Gasteiger partial charge in [-0.15, -0.1) is 0 Å². The largest absolute Gasteiger partial charge is 0.399 e. The molecule has 1 unspecified atom stereocenters. The fourth-order valence-corrected chi connectivity index (χ4v) is 4.40. The van der Waals surface area contributed by atoms with Gasteiger partial charge in [-0.2, -0.15) is 11.8 Å². The molecule has 0 heterocycles. The first kappa shape index (κ1) is 16.8. The van der Waals surface area contributed by atoms with Crippen molar-refractivity contribution in [1.82, 2.24) is 4.72 Å². The third-order valence-electron chi connectivity index (χ3n) is 2.34. The zero-order valence-electron chi connectivity index (χ0n) is 10.7. The smallest absolute Gasteiger partial charge is 0.241 e. The van der Waals surface area contributed by atoms with Crippen LogP contribution in [0.5, 0.6) is 0 Å². The number of nitrogen functional groups attached to an aromatic ring is 1. The number of nitrogens with two attached hydrogens (primary N) is 1. The van der Waals surface area contributed by atoms with Gasteiger partial charge in [-0.25, -0.2) is 13.1 Å². The molecule has 0 saturated carbocycles. The van der Waals surface area contributed by atoms with E-state index in [2.05, 4.69) is 20.7 Å². The SMILES string of the molecule is CSCC(C)(O)CNS(=O)(=O)c1ccc(N)cc1Br. The summed E-state index contributed by atoms with van der Waals surface area (Å²) < 4.78 is 27.0. The lowest BCUT2D eigenvalue weighted by molar-refractivity contribution is 0.0908. The Morgan fingerprint density at radius 1 is 1.53 bits per heavy atom. The Bertz CT molecular complexity index is 547. The zero-order chi connectivity index (χ0) is 14.7. The minimum atomic E-state index is -3.68. The van der Waals surface area contributed by atoms with Gasteiger partial charge in [-0.05, 0) is 47.3 Å². The second-order valence-corrected chi connectivity index (χ2v) is 7.90. The van der Waals surface area contributed by atoms with Crippen molar-refractivity contribution < 1.29 is 13.5 Å². The maximum absolute atomic E-state index is 12.1. The van der Waals surface area contributed by atoms with E-state index in [-0.39, 0.29) is 11.4 Å². The molecular weight excluding hydrogens is 352 g/mol. The first-order valence-electron chi connectivity index (χ1n) is 5.44. The molecule has 4 N–H and O–H groups in total. The summed E-state index contributed by atoms with van der Waals surface area (Å²) in [5.41, 5.74) is 4.95. The summed E-state index contributed by atoms with van der Waals surface area (Å²) in [6.45, 7) is 1.54. The summed E-state index contributed by atoms with van der Waals surface area (Å²) in [6, 6.07) is 4.46. The van der Waals surface area contributed by atoms with Gasteiger partial charge in [0.05, 0.1) is 10.5 Å². The summed E-state index contributed by atoms with van der Waals surface area (Å²) in [5.74, 6) is 0.443. The Morgan fingerprint density at radius 3 is 2.68 bits per heavy atom. The molecule has 0 saturated heterocycles. The lowest BCUT2D eigenvalue weighted by Gasteiger charge is -2.22. The van der Waals surface area contributed by atoms with Gasteiger partial charge < -0.3 is 10.8 Å². The monoisotopic (exact) mass is 368 g/mol. The minimum absolute atomic E-state index is 0.0486. The maximum atomic E-state index is 12.1. The predicted octanol–water partition coefficient (Wildman–Crippen LogP) is 1.42. The van der Waals surface area contributed by atoms with Crippen LogP contribution in [0.4, 0.5) is 5.69 Å². The second kappa shape index (κ2) is 6.45. The summed E-state index contributed by atoms with van der Waals surface area (Å²) in [4.78, 5) is 0.0988. The number of rotatable bonds is 6. The van der Waals surface area contributed by atoms with Gasteiger partial charge in [0.2, 0.25) is 10.0 Å². The molecule has 19 heavy (non-hydrogen) atoms. The molecule has 0 amide bonds. The minimum Gasteiger partial charge on any atom is -0.399 e. The van der Waals surface area contributed by atoms with Crippen LogP contribution in [0.2, 0.25) is 0 Å². The van der Waals surface area contributed by atoms with Gasteiger partial charge in [-0.1, -0.05) is 0 Å². The average Bonchev–Trinajstić information content (AvgIpc) is 2.26. The first-order valence-corrected chi connectivity index (χ1v) is 9.11. The highest BCUT2D eigenvalue weighted by Crippen LogP contribution is 2.24. The molecule has 0 aliphatic heterocycles. The van der Waals surface area contributed by atoms with Gasteiger partial charge in [-0.3, -0.25) is 0 Å². The molecule has 0 radical (unpaired) electrons. The number of thioether (sulfide) groups is 1. The lowest BCUT2D eigenvalue weighted by atomic mass is 10.1.